The van der Waals surface area contributed by atoms with E-state index in [9.17, 15) is 0 Å². The number of hydrogen-bond acceptors (Lipinski definition) is 0. The summed E-state index contributed by atoms with van der Waals surface area (Å²) in [6, 6.07) is 0. The SMILES string of the molecule is CC1CCC(C(C)C)CC1.[Cl-].[Cl-].[Mg+2]. The Balaban J connectivity index is -0.000000333. The van der Waals surface area contributed by atoms with E-state index >= 15 is 0 Å². The van der Waals surface area contributed by atoms with E-state index in [4.69, 9.17) is 0 Å². The van der Waals surface area contributed by atoms with Gasteiger partial charge in [-0.25, -0.2) is 0 Å². The molecule has 0 radical (unpaired) electrons. The van der Waals surface area contributed by atoms with Gasteiger partial charge in [0.05, 0.1) is 0 Å². The summed E-state index contributed by atoms with van der Waals surface area (Å²) < 4.78 is 0. The minimum Gasteiger partial charge on any atom is -1.00 e. The molecule has 0 N–H and O–H groups in total. The molecule has 1 aliphatic rings. The van der Waals surface area contributed by atoms with Gasteiger partial charge < -0.3 is 24.8 Å². The average Bonchev–Trinajstić information content (AvgIpc) is 1.88. The third-order valence-electron chi connectivity index (χ3n) is 3.00. The van der Waals surface area contributed by atoms with Crippen LogP contribution >= 0.6 is 0 Å². The standard InChI is InChI=1S/C10H20.2ClH.Mg/c1-8(2)10-6-4-9(3)5-7-10;;;/h8-10H,4-7H2,1-3H3;2*1H;/q;;;+2/p-2. The van der Waals surface area contributed by atoms with Gasteiger partial charge in [0.1, 0.15) is 0 Å². The second-order valence-electron chi connectivity index (χ2n) is 4.26. The van der Waals surface area contributed by atoms with Gasteiger partial charge in [0.2, 0.25) is 0 Å². The van der Waals surface area contributed by atoms with E-state index in [-0.39, 0.29) is 47.9 Å². The molecular formula is C10H20Cl2Mg. The van der Waals surface area contributed by atoms with Crippen molar-refractivity contribution in [2.24, 2.45) is 17.8 Å². The number of halogens is 2. The fraction of sp³-hybridized carbons (Fsp3) is 1.00. The summed E-state index contributed by atoms with van der Waals surface area (Å²) in [5, 5.41) is 0. The van der Waals surface area contributed by atoms with Gasteiger partial charge in [-0.2, -0.15) is 0 Å². The van der Waals surface area contributed by atoms with E-state index in [1.54, 1.807) is 0 Å². The van der Waals surface area contributed by atoms with Gasteiger partial charge in [-0.3, -0.25) is 0 Å². The Hall–Kier alpha value is 1.35. The zero-order chi connectivity index (χ0) is 7.56. The Labute approximate surface area is 112 Å². The fourth-order valence-corrected chi connectivity index (χ4v) is 1.95. The molecule has 0 nitrogen and oxygen atoms in total. The normalized spacial score (nSPS) is 26.8. The maximum atomic E-state index is 2.39. The predicted molar refractivity (Wildman–Crippen MR) is 51.7 cm³/mol. The van der Waals surface area contributed by atoms with Crippen molar-refractivity contribution in [3.63, 3.8) is 0 Å². The zero-order valence-electron chi connectivity index (χ0n) is 9.02. The first-order valence-electron chi connectivity index (χ1n) is 4.70. The Morgan fingerprint density at radius 1 is 0.923 bits per heavy atom. The third kappa shape index (κ3) is 7.30. The largest absolute Gasteiger partial charge is 2.00 e. The van der Waals surface area contributed by atoms with Gasteiger partial charge in [-0.1, -0.05) is 33.6 Å². The average molecular weight is 235 g/mol. The smallest absolute Gasteiger partial charge is 1.00 e. The third-order valence-corrected chi connectivity index (χ3v) is 3.00. The molecule has 0 aliphatic heterocycles. The molecule has 0 bridgehead atoms. The topological polar surface area (TPSA) is 0 Å². The van der Waals surface area contributed by atoms with Crippen LogP contribution < -0.4 is 24.8 Å². The molecular weight excluding hydrogens is 215 g/mol. The molecule has 13 heavy (non-hydrogen) atoms. The van der Waals surface area contributed by atoms with Crippen LogP contribution in [0.25, 0.3) is 0 Å². The van der Waals surface area contributed by atoms with E-state index in [1.165, 1.54) is 25.7 Å². The van der Waals surface area contributed by atoms with Crippen LogP contribution in [0, 0.1) is 17.8 Å². The van der Waals surface area contributed by atoms with Crippen molar-refractivity contribution in [1.82, 2.24) is 0 Å². The van der Waals surface area contributed by atoms with E-state index in [0.717, 1.165) is 17.8 Å². The molecule has 0 unspecified atom stereocenters. The molecule has 76 valence electrons. The molecule has 0 atom stereocenters. The first-order chi connectivity index (χ1) is 4.70. The van der Waals surface area contributed by atoms with Gasteiger partial charge in [-0.15, -0.1) is 0 Å². The van der Waals surface area contributed by atoms with E-state index in [1.807, 2.05) is 0 Å². The Bertz CT molecular complexity index is 99.1. The van der Waals surface area contributed by atoms with E-state index in [2.05, 4.69) is 20.8 Å². The summed E-state index contributed by atoms with van der Waals surface area (Å²) in [5.74, 6) is 2.97. The monoisotopic (exact) mass is 234 g/mol. The Kier molecular flexibility index (Phi) is 15.1. The number of rotatable bonds is 1. The first kappa shape index (κ1) is 19.8. The molecule has 1 rings (SSSR count). The van der Waals surface area contributed by atoms with Crippen LogP contribution in [-0.2, 0) is 0 Å². The molecule has 0 heterocycles. The summed E-state index contributed by atoms with van der Waals surface area (Å²) in [7, 11) is 0. The van der Waals surface area contributed by atoms with Gasteiger partial charge in [0.25, 0.3) is 0 Å². The van der Waals surface area contributed by atoms with E-state index in [0.29, 0.717) is 0 Å². The fourth-order valence-electron chi connectivity index (χ4n) is 1.95. The number of hydrogen-bond donors (Lipinski definition) is 0. The molecule has 0 spiro atoms. The van der Waals surface area contributed by atoms with Crippen molar-refractivity contribution in [2.75, 3.05) is 0 Å². The van der Waals surface area contributed by atoms with Gasteiger partial charge >= 0.3 is 23.1 Å². The quantitative estimate of drug-likeness (QED) is 0.428. The van der Waals surface area contributed by atoms with Crippen LogP contribution in [0.1, 0.15) is 46.5 Å². The van der Waals surface area contributed by atoms with Gasteiger partial charge in [0, 0.05) is 0 Å². The van der Waals surface area contributed by atoms with Crippen molar-refractivity contribution in [3.05, 3.63) is 0 Å². The van der Waals surface area contributed by atoms with Crippen molar-refractivity contribution in [2.45, 2.75) is 46.5 Å². The molecule has 3 heteroatoms. The van der Waals surface area contributed by atoms with Crippen molar-refractivity contribution in [1.29, 1.82) is 0 Å². The summed E-state index contributed by atoms with van der Waals surface area (Å²) in [4.78, 5) is 0. The van der Waals surface area contributed by atoms with Gasteiger partial charge in [-0.05, 0) is 30.6 Å². The molecule has 1 saturated carbocycles. The molecule has 0 saturated heterocycles. The molecule has 0 aromatic carbocycles. The van der Waals surface area contributed by atoms with Crippen LogP contribution in [0.4, 0.5) is 0 Å². The molecule has 0 aromatic heterocycles. The van der Waals surface area contributed by atoms with Crippen LogP contribution in [-0.4, -0.2) is 23.1 Å². The minimum absolute atomic E-state index is 0. The molecule has 0 amide bonds. The van der Waals surface area contributed by atoms with E-state index < -0.39 is 0 Å². The zero-order valence-corrected chi connectivity index (χ0v) is 11.9. The van der Waals surface area contributed by atoms with Crippen LogP contribution in [0.15, 0.2) is 0 Å². The van der Waals surface area contributed by atoms with Crippen molar-refractivity contribution in [3.8, 4) is 0 Å². The van der Waals surface area contributed by atoms with Crippen molar-refractivity contribution < 1.29 is 24.8 Å². The minimum atomic E-state index is 0. The molecule has 0 aromatic rings. The predicted octanol–water partition coefficient (Wildman–Crippen LogP) is -2.90. The van der Waals surface area contributed by atoms with Crippen LogP contribution in [0.5, 0.6) is 0 Å². The first-order valence-corrected chi connectivity index (χ1v) is 4.70. The second-order valence-corrected chi connectivity index (χ2v) is 4.26. The van der Waals surface area contributed by atoms with Crippen molar-refractivity contribution >= 4 is 23.1 Å². The second kappa shape index (κ2) is 9.88. The molecule has 1 aliphatic carbocycles. The summed E-state index contributed by atoms with van der Waals surface area (Å²) in [6.45, 7) is 7.11. The van der Waals surface area contributed by atoms with Crippen LogP contribution in [0.3, 0.4) is 0 Å². The maximum absolute atomic E-state index is 2.39. The molecule has 1 fully saturated rings. The van der Waals surface area contributed by atoms with Gasteiger partial charge in [0.15, 0.2) is 0 Å². The summed E-state index contributed by atoms with van der Waals surface area (Å²) in [5.41, 5.74) is 0. The Morgan fingerprint density at radius 2 is 1.31 bits per heavy atom. The van der Waals surface area contributed by atoms with Crippen LogP contribution in [0.2, 0.25) is 0 Å². The summed E-state index contributed by atoms with van der Waals surface area (Å²) >= 11 is 0. The summed E-state index contributed by atoms with van der Waals surface area (Å²) in [6.07, 6.45) is 5.92. The maximum Gasteiger partial charge on any atom is 2.00 e. The Morgan fingerprint density at radius 3 is 1.62 bits per heavy atom.